The average molecular weight is 154 g/mol. The molecule has 0 aliphatic rings. The summed E-state index contributed by atoms with van der Waals surface area (Å²) < 4.78 is 3.08. The molecule has 0 spiro atoms. The van der Waals surface area contributed by atoms with Gasteiger partial charge in [-0.05, 0) is 0 Å². The summed E-state index contributed by atoms with van der Waals surface area (Å²) in [5, 5.41) is 0. The van der Waals surface area contributed by atoms with E-state index in [1.165, 1.54) is 5.56 Å². The van der Waals surface area contributed by atoms with Crippen molar-refractivity contribution in [2.75, 3.05) is 0 Å². The van der Waals surface area contributed by atoms with Crippen LogP contribution in [-0.4, -0.2) is 0 Å². The summed E-state index contributed by atoms with van der Waals surface area (Å²) >= 11 is 1.95. The predicted molar refractivity (Wildman–Crippen MR) is 33.3 cm³/mol. The molecule has 0 aliphatic carbocycles. The van der Waals surface area contributed by atoms with Crippen molar-refractivity contribution in [1.82, 2.24) is 3.80 Å². The molecule has 1 aromatic carbocycles. The third-order valence-corrected chi connectivity index (χ3v) is 1.41. The van der Waals surface area contributed by atoms with Crippen LogP contribution in [0, 0.1) is 0 Å². The van der Waals surface area contributed by atoms with Crippen molar-refractivity contribution in [3.63, 3.8) is 0 Å². The summed E-state index contributed by atoms with van der Waals surface area (Å²) in [6, 6.07) is 10.3. The Kier molecular flexibility index (Phi) is 2.98. The van der Waals surface area contributed by atoms with E-state index >= 15 is 0 Å². The number of nitrogens with one attached hydrogen (secondary N) is 1. The molecule has 2 heteroatoms. The van der Waals surface area contributed by atoms with Gasteiger partial charge in [0.25, 0.3) is 0 Å². The Morgan fingerprint density at radius 1 is 1.22 bits per heavy atom. The van der Waals surface area contributed by atoms with E-state index in [2.05, 4.69) is 15.9 Å². The van der Waals surface area contributed by atoms with E-state index in [1.807, 2.05) is 38.9 Å². The van der Waals surface area contributed by atoms with Crippen molar-refractivity contribution >= 4 is 0 Å². The first-order valence-electron chi connectivity index (χ1n) is 2.87. The van der Waals surface area contributed by atoms with Crippen LogP contribution in [0.3, 0.4) is 0 Å². The minimum atomic E-state index is 0.959. The van der Waals surface area contributed by atoms with Gasteiger partial charge in [0.05, 0.1) is 0 Å². The summed E-state index contributed by atoms with van der Waals surface area (Å²) in [4.78, 5) is 0. The van der Waals surface area contributed by atoms with E-state index in [9.17, 15) is 0 Å². The van der Waals surface area contributed by atoms with Crippen molar-refractivity contribution in [1.29, 1.82) is 0 Å². The van der Waals surface area contributed by atoms with Crippen LogP contribution in [0.25, 0.3) is 0 Å². The molecular formula is C7H8NTi. The van der Waals surface area contributed by atoms with E-state index in [-0.39, 0.29) is 0 Å². The maximum absolute atomic E-state index is 3.08. The zero-order chi connectivity index (χ0) is 6.53. The van der Waals surface area contributed by atoms with E-state index < -0.39 is 0 Å². The Balaban J connectivity index is 2.61. The van der Waals surface area contributed by atoms with Crippen LogP contribution in [0.4, 0.5) is 0 Å². The molecule has 0 bridgehead atoms. The van der Waals surface area contributed by atoms with Crippen LogP contribution in [0.15, 0.2) is 30.3 Å². The van der Waals surface area contributed by atoms with Crippen LogP contribution >= 0.6 is 0 Å². The summed E-state index contributed by atoms with van der Waals surface area (Å²) in [7, 11) is 0. The molecule has 0 atom stereocenters. The molecule has 1 N–H and O–H groups in total. The SMILES string of the molecule is [Ti][NH]Cc1ccccc1. The van der Waals surface area contributed by atoms with Crippen LogP contribution < -0.4 is 3.80 Å². The topological polar surface area (TPSA) is 12.0 Å². The van der Waals surface area contributed by atoms with Crippen molar-refractivity contribution in [3.8, 4) is 0 Å². The number of benzene rings is 1. The molecule has 0 radical (unpaired) electrons. The quantitative estimate of drug-likeness (QED) is 0.632. The van der Waals surface area contributed by atoms with Gasteiger partial charge in [-0.3, -0.25) is 0 Å². The Bertz CT molecular complexity index is 162. The van der Waals surface area contributed by atoms with Crippen molar-refractivity contribution in [3.05, 3.63) is 35.9 Å². The molecule has 0 aliphatic heterocycles. The van der Waals surface area contributed by atoms with Crippen LogP contribution in [0.1, 0.15) is 5.56 Å². The fourth-order valence-electron chi connectivity index (χ4n) is 0.698. The van der Waals surface area contributed by atoms with Crippen LogP contribution in [-0.2, 0) is 27.2 Å². The second-order valence-electron chi connectivity index (χ2n) is 1.84. The van der Waals surface area contributed by atoms with Gasteiger partial charge in [-0.25, -0.2) is 0 Å². The van der Waals surface area contributed by atoms with Gasteiger partial charge in [0.1, 0.15) is 0 Å². The van der Waals surface area contributed by atoms with Gasteiger partial charge in [-0.1, -0.05) is 0 Å². The predicted octanol–water partition coefficient (Wildman–Crippen LogP) is 1.24. The minimum absolute atomic E-state index is 0.959. The molecule has 9 heavy (non-hydrogen) atoms. The Morgan fingerprint density at radius 3 is 2.44 bits per heavy atom. The summed E-state index contributed by atoms with van der Waals surface area (Å²) in [6.45, 7) is 0.959. The molecule has 0 heterocycles. The normalized spacial score (nSPS) is 9.22. The van der Waals surface area contributed by atoms with Crippen LogP contribution in [0.5, 0.6) is 0 Å². The van der Waals surface area contributed by atoms with Gasteiger partial charge in [0.2, 0.25) is 0 Å². The van der Waals surface area contributed by atoms with Gasteiger partial charge in [0, 0.05) is 0 Å². The number of hydrogen-bond acceptors (Lipinski definition) is 1. The molecule has 0 amide bonds. The summed E-state index contributed by atoms with van der Waals surface area (Å²) in [5.41, 5.74) is 1.33. The third-order valence-electron chi connectivity index (χ3n) is 1.14. The second-order valence-corrected chi connectivity index (χ2v) is 2.39. The molecule has 1 aromatic rings. The van der Waals surface area contributed by atoms with Crippen molar-refractivity contribution in [2.45, 2.75) is 6.54 Å². The fourth-order valence-corrected chi connectivity index (χ4v) is 1.02. The van der Waals surface area contributed by atoms with Gasteiger partial charge in [-0.15, -0.1) is 0 Å². The summed E-state index contributed by atoms with van der Waals surface area (Å²) in [6.07, 6.45) is 0. The zero-order valence-electron chi connectivity index (χ0n) is 5.09. The molecule has 1 nitrogen and oxygen atoms in total. The standard InChI is InChI=1S/C7H8N.Ti/c8-6-7-4-2-1-3-5-7;/h1-5,8H,6H2;/q-1;+1. The second kappa shape index (κ2) is 3.83. The molecule has 1 rings (SSSR count). The molecule has 0 fully saturated rings. The molecule has 0 saturated carbocycles. The van der Waals surface area contributed by atoms with E-state index in [0.29, 0.717) is 0 Å². The zero-order valence-corrected chi connectivity index (χ0v) is 6.66. The number of hydrogen-bond donors (Lipinski definition) is 1. The van der Waals surface area contributed by atoms with Crippen molar-refractivity contribution < 1.29 is 20.7 Å². The summed E-state index contributed by atoms with van der Waals surface area (Å²) in [5.74, 6) is 0. The molecule has 0 unspecified atom stereocenters. The first kappa shape index (κ1) is 7.01. The molecule has 45 valence electrons. The van der Waals surface area contributed by atoms with E-state index in [4.69, 9.17) is 0 Å². The van der Waals surface area contributed by atoms with Gasteiger partial charge in [-0.2, -0.15) is 0 Å². The van der Waals surface area contributed by atoms with E-state index in [0.717, 1.165) is 6.54 Å². The molecule has 0 saturated heterocycles. The maximum atomic E-state index is 3.08. The van der Waals surface area contributed by atoms with Crippen LogP contribution in [0.2, 0.25) is 0 Å². The molecular weight excluding hydrogens is 146 g/mol. The molecule has 0 aromatic heterocycles. The monoisotopic (exact) mass is 154 g/mol. The Hall–Kier alpha value is -0.106. The van der Waals surface area contributed by atoms with Gasteiger partial charge >= 0.3 is 66.9 Å². The van der Waals surface area contributed by atoms with Crippen molar-refractivity contribution in [2.24, 2.45) is 0 Å². The third kappa shape index (κ3) is 2.31. The Morgan fingerprint density at radius 2 is 1.89 bits per heavy atom. The van der Waals surface area contributed by atoms with Gasteiger partial charge in [0.15, 0.2) is 0 Å². The Labute approximate surface area is 67.2 Å². The fraction of sp³-hybridized carbons (Fsp3) is 0.143. The first-order valence-corrected chi connectivity index (χ1v) is 3.65. The first-order chi connectivity index (χ1) is 4.43. The van der Waals surface area contributed by atoms with E-state index in [1.54, 1.807) is 0 Å². The van der Waals surface area contributed by atoms with Gasteiger partial charge < -0.3 is 0 Å². The number of rotatable bonds is 2. The average Bonchev–Trinajstić information content (AvgIpc) is 1.91.